The summed E-state index contributed by atoms with van der Waals surface area (Å²) in [6.45, 7) is 0. The van der Waals surface area contributed by atoms with E-state index in [1.165, 1.54) is 24.2 Å². The molecule has 3 heterocycles. The lowest BCUT2D eigenvalue weighted by Gasteiger charge is -2.27. The largest absolute Gasteiger partial charge is 0.481 e. The molecular formula is C24H27N5O3. The first kappa shape index (κ1) is 20.6. The third-order valence-corrected chi connectivity index (χ3v) is 6.44. The zero-order valence-electron chi connectivity index (χ0n) is 18.0. The minimum absolute atomic E-state index is 0.0439. The summed E-state index contributed by atoms with van der Waals surface area (Å²) in [4.78, 5) is 32.3. The van der Waals surface area contributed by atoms with E-state index in [4.69, 9.17) is 14.8 Å². The first-order valence-electron chi connectivity index (χ1n) is 11.4. The summed E-state index contributed by atoms with van der Waals surface area (Å²) in [5.74, 6) is 0.406. The van der Waals surface area contributed by atoms with Gasteiger partial charge in [0.05, 0.1) is 11.4 Å². The zero-order valence-corrected chi connectivity index (χ0v) is 18.0. The average Bonchev–Trinajstić information content (AvgIpc) is 3.25. The van der Waals surface area contributed by atoms with E-state index in [0.29, 0.717) is 6.01 Å². The molecule has 32 heavy (non-hydrogen) atoms. The van der Waals surface area contributed by atoms with Crippen LogP contribution < -0.4 is 4.74 Å². The lowest BCUT2D eigenvalue weighted by Crippen LogP contribution is -2.25. The van der Waals surface area contributed by atoms with Crippen molar-refractivity contribution in [2.45, 2.75) is 63.9 Å². The Balaban J connectivity index is 1.20. The number of carbonyl (C=O) groups is 1. The fourth-order valence-electron chi connectivity index (χ4n) is 4.65. The molecule has 2 aliphatic carbocycles. The Bertz CT molecular complexity index is 1050. The van der Waals surface area contributed by atoms with Crippen LogP contribution in [0.5, 0.6) is 6.01 Å². The molecule has 1 saturated carbocycles. The molecule has 166 valence electrons. The second-order valence-corrected chi connectivity index (χ2v) is 8.76. The van der Waals surface area contributed by atoms with Crippen molar-refractivity contribution < 1.29 is 14.6 Å². The molecule has 0 aliphatic heterocycles. The van der Waals surface area contributed by atoms with Crippen LogP contribution in [0.1, 0.15) is 56.3 Å². The van der Waals surface area contributed by atoms with Crippen LogP contribution in [-0.4, -0.2) is 42.1 Å². The van der Waals surface area contributed by atoms with Crippen LogP contribution in [0.4, 0.5) is 0 Å². The molecule has 0 atom stereocenters. The number of pyridine rings is 1. The Hall–Kier alpha value is -3.29. The molecule has 3 aromatic heterocycles. The van der Waals surface area contributed by atoms with Crippen LogP contribution in [0.15, 0.2) is 30.7 Å². The van der Waals surface area contributed by atoms with Crippen LogP contribution in [0.3, 0.4) is 0 Å². The van der Waals surface area contributed by atoms with Gasteiger partial charge in [-0.05, 0) is 69.4 Å². The summed E-state index contributed by atoms with van der Waals surface area (Å²) in [5.41, 5.74) is 5.05. The Labute approximate surface area is 186 Å². The molecule has 0 unspecified atom stereocenters. The van der Waals surface area contributed by atoms with Crippen LogP contribution in [0.25, 0.3) is 22.6 Å². The highest BCUT2D eigenvalue weighted by Crippen LogP contribution is 2.29. The maximum atomic E-state index is 10.9. The van der Waals surface area contributed by atoms with Crippen LogP contribution >= 0.6 is 0 Å². The smallest absolute Gasteiger partial charge is 0.316 e. The standard InChI is InChI=1S/C24H27N5O3/c30-22(31)11-15-5-8-18(9-6-15)32-24-26-13-17(14-27-24)19-10-7-16(12-25-19)23-28-20-3-1-2-4-21(20)29-23/h7,10,12-15,18H,1-6,8-9,11H2,(H,28,29)(H,30,31)/t15-,18+. The minimum Gasteiger partial charge on any atom is -0.481 e. The second-order valence-electron chi connectivity index (χ2n) is 8.76. The number of aryl methyl sites for hydroxylation is 2. The molecule has 5 rings (SSSR count). The van der Waals surface area contributed by atoms with Crippen molar-refractivity contribution in [2.24, 2.45) is 5.92 Å². The van der Waals surface area contributed by atoms with Gasteiger partial charge in [-0.25, -0.2) is 15.0 Å². The van der Waals surface area contributed by atoms with Gasteiger partial charge in [-0.2, -0.15) is 0 Å². The highest BCUT2D eigenvalue weighted by atomic mass is 16.5. The van der Waals surface area contributed by atoms with Gasteiger partial charge in [-0.15, -0.1) is 0 Å². The maximum Gasteiger partial charge on any atom is 0.316 e. The number of ether oxygens (including phenoxy) is 1. The highest BCUT2D eigenvalue weighted by Gasteiger charge is 2.24. The summed E-state index contributed by atoms with van der Waals surface area (Å²) in [6.07, 6.45) is 13.5. The van der Waals surface area contributed by atoms with Crippen molar-refractivity contribution >= 4 is 5.97 Å². The van der Waals surface area contributed by atoms with Crippen molar-refractivity contribution in [2.75, 3.05) is 0 Å². The van der Waals surface area contributed by atoms with E-state index >= 15 is 0 Å². The van der Waals surface area contributed by atoms with Crippen LogP contribution in [0.2, 0.25) is 0 Å². The monoisotopic (exact) mass is 433 g/mol. The third-order valence-electron chi connectivity index (χ3n) is 6.44. The number of imidazole rings is 1. The minimum atomic E-state index is -0.724. The van der Waals surface area contributed by atoms with Gasteiger partial charge in [-0.3, -0.25) is 9.78 Å². The fourth-order valence-corrected chi connectivity index (χ4v) is 4.65. The number of hydrogen-bond donors (Lipinski definition) is 2. The molecule has 3 aromatic rings. The molecule has 0 amide bonds. The van der Waals surface area contributed by atoms with Crippen LogP contribution in [0, 0.1) is 5.92 Å². The number of nitrogens with zero attached hydrogens (tertiary/aromatic N) is 4. The number of rotatable bonds is 6. The molecule has 0 radical (unpaired) electrons. The van der Waals surface area contributed by atoms with E-state index in [0.717, 1.165) is 61.2 Å². The van der Waals surface area contributed by atoms with E-state index in [1.54, 1.807) is 12.4 Å². The number of nitrogens with one attached hydrogen (secondary N) is 1. The van der Waals surface area contributed by atoms with Gasteiger partial charge in [0.15, 0.2) is 0 Å². The molecule has 1 fully saturated rings. The highest BCUT2D eigenvalue weighted by molar-refractivity contribution is 5.67. The number of carboxylic acids is 1. The quantitative estimate of drug-likeness (QED) is 0.598. The number of H-pyrrole nitrogens is 1. The average molecular weight is 434 g/mol. The van der Waals surface area contributed by atoms with E-state index in [2.05, 4.69) is 19.9 Å². The molecule has 8 heteroatoms. The lowest BCUT2D eigenvalue weighted by molar-refractivity contribution is -0.138. The topological polar surface area (TPSA) is 114 Å². The predicted octanol–water partition coefficient (Wildman–Crippen LogP) is 4.22. The number of aromatic amines is 1. The zero-order chi connectivity index (χ0) is 21.9. The fraction of sp³-hybridized carbons (Fsp3) is 0.458. The van der Waals surface area contributed by atoms with Crippen molar-refractivity contribution in [3.63, 3.8) is 0 Å². The van der Waals surface area contributed by atoms with E-state index in [9.17, 15) is 4.79 Å². The number of aromatic nitrogens is 5. The van der Waals surface area contributed by atoms with Gasteiger partial charge >= 0.3 is 12.0 Å². The number of aliphatic carboxylic acids is 1. The SMILES string of the molecule is O=C(O)C[C@H]1CC[C@@H](Oc2ncc(-c3ccc(-c4nc5c([nH]4)CCCC5)cn3)cn2)CC1. The summed E-state index contributed by atoms with van der Waals surface area (Å²) in [5, 5.41) is 8.93. The summed E-state index contributed by atoms with van der Waals surface area (Å²) >= 11 is 0. The Morgan fingerprint density at radius 3 is 2.44 bits per heavy atom. The maximum absolute atomic E-state index is 10.9. The van der Waals surface area contributed by atoms with Crippen molar-refractivity contribution in [1.82, 2.24) is 24.9 Å². The van der Waals surface area contributed by atoms with Crippen molar-refractivity contribution in [3.05, 3.63) is 42.1 Å². The Morgan fingerprint density at radius 1 is 1.00 bits per heavy atom. The first-order valence-corrected chi connectivity index (χ1v) is 11.4. The predicted molar refractivity (Wildman–Crippen MR) is 118 cm³/mol. The molecule has 0 spiro atoms. The van der Waals surface area contributed by atoms with Gasteiger partial charge in [0.2, 0.25) is 0 Å². The molecule has 0 saturated heterocycles. The van der Waals surface area contributed by atoms with Gasteiger partial charge in [0.1, 0.15) is 11.9 Å². The van der Waals surface area contributed by atoms with Gasteiger partial charge in [0, 0.05) is 41.8 Å². The van der Waals surface area contributed by atoms with Gasteiger partial charge < -0.3 is 14.8 Å². The molecule has 2 aliphatic rings. The molecule has 0 aromatic carbocycles. The number of fused-ring (bicyclic) bond motifs is 1. The molecule has 0 bridgehead atoms. The summed E-state index contributed by atoms with van der Waals surface area (Å²) in [7, 11) is 0. The van der Waals surface area contributed by atoms with E-state index < -0.39 is 5.97 Å². The number of hydrogen-bond acceptors (Lipinski definition) is 6. The van der Waals surface area contributed by atoms with Crippen molar-refractivity contribution in [1.29, 1.82) is 0 Å². The van der Waals surface area contributed by atoms with E-state index in [-0.39, 0.29) is 18.4 Å². The first-order chi connectivity index (χ1) is 15.6. The summed E-state index contributed by atoms with van der Waals surface area (Å²) in [6, 6.07) is 4.33. The van der Waals surface area contributed by atoms with E-state index in [1.807, 2.05) is 18.3 Å². The summed E-state index contributed by atoms with van der Waals surface area (Å²) < 4.78 is 5.91. The molecule has 8 nitrogen and oxygen atoms in total. The van der Waals surface area contributed by atoms with Crippen molar-refractivity contribution in [3.8, 4) is 28.7 Å². The Kier molecular flexibility index (Phi) is 5.83. The molecule has 2 N–H and O–H groups in total. The van der Waals surface area contributed by atoms with Gasteiger partial charge in [0.25, 0.3) is 0 Å². The Morgan fingerprint density at radius 2 is 1.75 bits per heavy atom. The van der Waals surface area contributed by atoms with Crippen LogP contribution in [-0.2, 0) is 17.6 Å². The molecular weight excluding hydrogens is 406 g/mol. The third kappa shape index (κ3) is 4.64. The second kappa shape index (κ2) is 9.06. The normalized spacial score (nSPS) is 20.5. The lowest BCUT2D eigenvalue weighted by atomic mass is 9.85. The van der Waals surface area contributed by atoms with Gasteiger partial charge in [-0.1, -0.05) is 0 Å². The number of carboxylic acid groups (broad SMARTS) is 1.